The molecule has 2 aromatic carbocycles. The van der Waals surface area contributed by atoms with Crippen LogP contribution in [0.25, 0.3) is 0 Å². The first-order valence-corrected chi connectivity index (χ1v) is 39.2. The molecule has 4 rings (SSSR count). The zero-order chi connectivity index (χ0) is 81.7. The smallest absolute Gasteiger partial charge is 0.317 e. The van der Waals surface area contributed by atoms with Gasteiger partial charge in [-0.05, 0) is 108 Å². The number of amides is 4. The topological polar surface area (TPSA) is 527 Å². The van der Waals surface area contributed by atoms with E-state index in [9.17, 15) is 78.0 Å². The Morgan fingerprint density at radius 3 is 1.46 bits per heavy atom. The van der Waals surface area contributed by atoms with E-state index in [2.05, 4.69) is 36.2 Å². The van der Waals surface area contributed by atoms with Crippen LogP contribution in [-0.2, 0) is 80.0 Å². The number of Topliss-reactive ketones (excluding diaryl/α,β-unsaturated/α-hetero) is 5. The average Bonchev–Trinajstić information content (AvgIpc) is 1.56. The minimum absolute atomic E-state index is 0.00102. The molecule has 2 fully saturated rings. The van der Waals surface area contributed by atoms with E-state index in [1.165, 1.54) is 0 Å². The van der Waals surface area contributed by atoms with Crippen LogP contribution in [-0.4, -0.2) is 232 Å². The first-order valence-electron chi connectivity index (χ1n) is 39.2. The Labute approximate surface area is 650 Å². The molecular weight excluding hydrogens is 1430 g/mol. The number of carbonyl (C=O) groups is 14. The number of benzene rings is 2. The lowest BCUT2D eigenvalue weighted by Gasteiger charge is -2.26. The van der Waals surface area contributed by atoms with Gasteiger partial charge >= 0.3 is 29.8 Å². The molecule has 111 heavy (non-hydrogen) atoms. The number of ketones is 5. The molecule has 616 valence electrons. The average molecular weight is 1560 g/mol. The second kappa shape index (κ2) is 51.8. The summed E-state index contributed by atoms with van der Waals surface area (Å²) in [6.45, 7) is 3.79. The van der Waals surface area contributed by atoms with Crippen LogP contribution in [0.5, 0.6) is 0 Å². The molecule has 0 aromatic heterocycles. The number of aliphatic imine (C=N–C) groups is 2. The first-order chi connectivity index (χ1) is 52.9. The van der Waals surface area contributed by atoms with E-state index in [0.717, 1.165) is 24.8 Å². The quantitative estimate of drug-likeness (QED) is 0.0251. The first kappa shape index (κ1) is 93.8. The summed E-state index contributed by atoms with van der Waals surface area (Å²) in [5, 5.41) is 59.3. The second-order valence-electron chi connectivity index (χ2n) is 29.7. The van der Waals surface area contributed by atoms with Gasteiger partial charge in [0.2, 0.25) is 23.6 Å². The summed E-state index contributed by atoms with van der Waals surface area (Å²) in [5.74, 6) is -15.3. The van der Waals surface area contributed by atoms with Crippen LogP contribution in [0, 0.1) is 29.1 Å². The van der Waals surface area contributed by atoms with Crippen molar-refractivity contribution in [2.75, 3.05) is 79.0 Å². The highest BCUT2D eigenvalue weighted by molar-refractivity contribution is 6.02. The Morgan fingerprint density at radius 1 is 0.459 bits per heavy atom. The maximum atomic E-state index is 15.2. The van der Waals surface area contributed by atoms with Crippen LogP contribution in [0.3, 0.4) is 0 Å². The van der Waals surface area contributed by atoms with Crippen molar-refractivity contribution in [2.45, 2.75) is 217 Å². The Kier molecular flexibility index (Phi) is 43.8. The van der Waals surface area contributed by atoms with Gasteiger partial charge < -0.3 is 74.6 Å². The SMILES string of the molecule is CN1CCN(CC(=O)O)CCN(CC(=O)CCCCC[C@H](CC(=O)[C@H](CCCN=C(N)N)NC(=O)[C@H](CC(=O)O)CC(=O)[C@H](CCCN=C(N)N)NC(=O)[C@]2(Cc3ccccc3)CC2C(=O)[C@H](Cc2ccccc2)NC(=O)CCCCCCCCC(=O)CCCCC[C@H](CC(=O)NCCCC(=O)O)C(=O)O)C(=O)O)CC1. The van der Waals surface area contributed by atoms with E-state index in [0.29, 0.717) is 115 Å². The molecule has 17 N–H and O–H groups in total. The van der Waals surface area contributed by atoms with Crippen LogP contribution in [0.4, 0.5) is 0 Å². The van der Waals surface area contributed by atoms with E-state index in [1.807, 2.05) is 35.0 Å². The zero-order valence-electron chi connectivity index (χ0n) is 64.5. The van der Waals surface area contributed by atoms with Crippen molar-refractivity contribution in [1.82, 2.24) is 36.0 Å². The molecule has 1 saturated carbocycles. The zero-order valence-corrected chi connectivity index (χ0v) is 64.5. The Bertz CT molecular complexity index is 3410. The highest BCUT2D eigenvalue weighted by Crippen LogP contribution is 2.56. The predicted molar refractivity (Wildman–Crippen MR) is 414 cm³/mol. The van der Waals surface area contributed by atoms with Gasteiger partial charge in [0, 0.05) is 116 Å². The minimum atomic E-state index is -1.63. The Morgan fingerprint density at radius 2 is 0.937 bits per heavy atom. The third-order valence-corrected chi connectivity index (χ3v) is 20.4. The summed E-state index contributed by atoms with van der Waals surface area (Å²) in [6.07, 6.45) is 6.60. The highest BCUT2D eigenvalue weighted by Gasteiger charge is 2.64. The highest BCUT2D eigenvalue weighted by atomic mass is 16.4. The fourth-order valence-corrected chi connectivity index (χ4v) is 13.9. The van der Waals surface area contributed by atoms with Gasteiger partial charge in [-0.3, -0.25) is 86.9 Å². The van der Waals surface area contributed by atoms with Gasteiger partial charge in [0.15, 0.2) is 29.3 Å². The molecule has 1 unspecified atom stereocenters. The van der Waals surface area contributed by atoms with Gasteiger partial charge in [0.25, 0.3) is 0 Å². The lowest BCUT2D eigenvalue weighted by molar-refractivity contribution is -0.145. The van der Waals surface area contributed by atoms with Crippen molar-refractivity contribution in [3.05, 3.63) is 71.8 Å². The third kappa shape index (κ3) is 39.3. The lowest BCUT2D eigenvalue weighted by atomic mass is 9.87. The molecule has 1 saturated heterocycles. The van der Waals surface area contributed by atoms with E-state index in [1.54, 1.807) is 42.5 Å². The number of carbonyl (C=O) groups excluding carboxylic acids is 9. The van der Waals surface area contributed by atoms with Crippen LogP contribution in [0.2, 0.25) is 0 Å². The number of guanidine groups is 2. The predicted octanol–water partition coefficient (Wildman–Crippen LogP) is 4.18. The molecule has 2 aromatic rings. The Balaban J connectivity index is 1.41. The van der Waals surface area contributed by atoms with Crippen molar-refractivity contribution in [1.29, 1.82) is 0 Å². The van der Waals surface area contributed by atoms with Gasteiger partial charge in [-0.1, -0.05) is 112 Å². The molecule has 32 nitrogen and oxygen atoms in total. The van der Waals surface area contributed by atoms with E-state index in [4.69, 9.17) is 28.0 Å². The summed E-state index contributed by atoms with van der Waals surface area (Å²) < 4.78 is 0. The normalized spacial score (nSPS) is 16.9. The van der Waals surface area contributed by atoms with E-state index < -0.39 is 131 Å². The molecule has 1 aliphatic heterocycles. The van der Waals surface area contributed by atoms with Crippen LogP contribution in [0.1, 0.15) is 197 Å². The minimum Gasteiger partial charge on any atom is -0.481 e. The van der Waals surface area contributed by atoms with Gasteiger partial charge in [-0.2, -0.15) is 0 Å². The van der Waals surface area contributed by atoms with Crippen molar-refractivity contribution >= 4 is 94.3 Å². The summed E-state index contributed by atoms with van der Waals surface area (Å²) in [7, 11) is 1.94. The number of hydrogen-bond donors (Lipinski definition) is 13. The summed E-state index contributed by atoms with van der Waals surface area (Å²) in [6, 6.07) is 14.1. The summed E-state index contributed by atoms with van der Waals surface area (Å²) in [4.78, 5) is 199. The lowest BCUT2D eigenvalue weighted by Crippen LogP contribution is -2.49. The second-order valence-corrected chi connectivity index (χ2v) is 29.7. The van der Waals surface area contributed by atoms with Gasteiger partial charge in [-0.15, -0.1) is 0 Å². The molecule has 8 atom stereocenters. The van der Waals surface area contributed by atoms with Crippen molar-refractivity contribution in [3.8, 4) is 0 Å². The van der Waals surface area contributed by atoms with Gasteiger partial charge in [0.05, 0.1) is 60.8 Å². The maximum absolute atomic E-state index is 15.2. The van der Waals surface area contributed by atoms with E-state index >= 15 is 9.59 Å². The van der Waals surface area contributed by atoms with E-state index in [-0.39, 0.29) is 152 Å². The molecule has 0 bridgehead atoms. The number of nitrogens with two attached hydrogens (primary N) is 4. The molecular formula is C79H121N13O19. The fraction of sp³-hybridized carbons (Fsp3) is 0.646. The van der Waals surface area contributed by atoms with Crippen LogP contribution < -0.4 is 44.2 Å². The largest absolute Gasteiger partial charge is 0.481 e. The number of nitrogens with one attached hydrogen (secondary N) is 4. The molecule has 0 radical (unpaired) electrons. The number of hydrogen-bond acceptors (Lipinski definition) is 19. The van der Waals surface area contributed by atoms with Crippen molar-refractivity contribution in [3.63, 3.8) is 0 Å². The van der Waals surface area contributed by atoms with Gasteiger partial charge in [0.1, 0.15) is 11.6 Å². The number of nitrogens with zero attached hydrogens (tertiary/aromatic N) is 5. The number of likely N-dealkylation sites (N-methyl/N-ethyl adjacent to an activating group) is 1. The third-order valence-electron chi connectivity index (χ3n) is 20.4. The van der Waals surface area contributed by atoms with Crippen LogP contribution >= 0.6 is 0 Å². The fourth-order valence-electron chi connectivity index (χ4n) is 13.9. The maximum Gasteiger partial charge on any atom is 0.317 e. The van der Waals surface area contributed by atoms with Crippen molar-refractivity contribution in [2.24, 2.45) is 62.0 Å². The monoisotopic (exact) mass is 1560 g/mol. The number of carboxylic acids is 5. The number of carboxylic acid groups (broad SMARTS) is 5. The molecule has 0 spiro atoms. The van der Waals surface area contributed by atoms with Gasteiger partial charge in [-0.25, -0.2) is 0 Å². The Hall–Kier alpha value is -9.56. The molecule has 4 amide bonds. The van der Waals surface area contributed by atoms with Crippen LogP contribution in [0.15, 0.2) is 70.6 Å². The summed E-state index contributed by atoms with van der Waals surface area (Å²) in [5.41, 5.74) is 22.4. The number of aliphatic carboxylic acids is 5. The summed E-state index contributed by atoms with van der Waals surface area (Å²) >= 11 is 0. The molecule has 1 aliphatic carbocycles. The number of unbranched alkanes of at least 4 members (excludes halogenated alkanes) is 9. The number of rotatable bonds is 60. The molecule has 1 heterocycles. The molecule has 2 aliphatic rings. The van der Waals surface area contributed by atoms with Crippen molar-refractivity contribution < 1.29 is 92.7 Å². The standard InChI is InChI=1S/C79H121N13O19/c1-90-39-41-91(43-44-92(42-40-90)53-71(103)104)52-60(94)31-18-9-14-27-56(74(107)108)46-65(95)62(32-20-37-85-77(80)81)88-73(106)58(49-70(101)102)47-66(96)63(33-21-38-86-78(82)83)89-76(111)79(50-55-25-12-7-13-26-55)51-61(79)72(105)64(45-54-23-10-6-11-24-54)87-67(97)34-19-5-3-2-4-16-29-59(93)30-17-8-15-28-57(75(109)110)48-68(98)84-36-22-35-69(99)100/h6-7,10-13,23-26,56-58,61-64H,2-5,8-9,14-22,27-53H2,1H3,(H,84,98)(H,87,97)(H,88,106)(H,89,111)(H,99,100)(H,101,102)(H,103,104)(H,107,108)(H,109,110)(H4,80,81,85)(H4,82,83,86)/t56-,57-,58+,61?,62+,63+,64+,79-/m1/s1. The molecule has 32 heteroatoms.